The van der Waals surface area contributed by atoms with Crippen molar-refractivity contribution in [3.63, 3.8) is 0 Å². The molecular weight excluding hydrogens is 176 g/mol. The van der Waals surface area contributed by atoms with Gasteiger partial charge in [0.15, 0.2) is 0 Å². The van der Waals surface area contributed by atoms with Crippen LogP contribution in [0.15, 0.2) is 12.2 Å². The maximum absolute atomic E-state index is 9.86. The van der Waals surface area contributed by atoms with Crippen molar-refractivity contribution in [1.82, 2.24) is 0 Å². The Kier molecular flexibility index (Phi) is 7.81. The Labute approximate surface area is 87.7 Å². The zero-order valence-corrected chi connectivity index (χ0v) is 9.61. The van der Waals surface area contributed by atoms with Crippen LogP contribution in [-0.2, 0) is 0 Å². The molecule has 0 aliphatic carbocycles. The predicted molar refractivity (Wildman–Crippen MR) is 60.1 cm³/mol. The molecule has 3 atom stereocenters. The summed E-state index contributed by atoms with van der Waals surface area (Å²) in [4.78, 5) is 0. The number of hydrogen-bond acceptors (Lipinski definition) is 2. The number of aliphatic hydroxyl groups excluding tert-OH is 2. The summed E-state index contributed by atoms with van der Waals surface area (Å²) in [6, 6.07) is 0. The van der Waals surface area contributed by atoms with E-state index in [0.29, 0.717) is 6.42 Å². The normalized spacial score (nSPS) is 18.4. The summed E-state index contributed by atoms with van der Waals surface area (Å²) in [6.07, 6.45) is 6.40. The van der Waals surface area contributed by atoms with E-state index in [9.17, 15) is 10.2 Å². The van der Waals surface area contributed by atoms with Crippen LogP contribution in [0.5, 0.6) is 0 Å². The highest BCUT2D eigenvalue weighted by Gasteiger charge is 2.23. The van der Waals surface area contributed by atoms with Crippen LogP contribution in [0, 0.1) is 5.92 Å². The molecule has 0 radical (unpaired) electrons. The second kappa shape index (κ2) is 8.01. The van der Waals surface area contributed by atoms with Gasteiger partial charge in [0, 0.05) is 5.92 Å². The maximum Gasteiger partial charge on any atom is 0.0627 e. The summed E-state index contributed by atoms with van der Waals surface area (Å²) in [5, 5.41) is 19.6. The van der Waals surface area contributed by atoms with Crippen molar-refractivity contribution in [2.24, 2.45) is 5.92 Å². The standard InChI is InChI=1S/C12H24O2/c1-4-7-9-12(14)10(8-5-2)11(13)6-3/h4,7,10-14H,5-6,8-9H2,1-3H3. The molecule has 0 aromatic heterocycles. The largest absolute Gasteiger partial charge is 0.393 e. The van der Waals surface area contributed by atoms with Crippen molar-refractivity contribution >= 4 is 0 Å². The Morgan fingerprint density at radius 3 is 2.21 bits per heavy atom. The third-order valence-corrected chi connectivity index (χ3v) is 2.64. The van der Waals surface area contributed by atoms with Crippen LogP contribution in [-0.4, -0.2) is 22.4 Å². The fraction of sp³-hybridized carbons (Fsp3) is 0.833. The molecule has 2 N–H and O–H groups in total. The second-order valence-electron chi connectivity index (χ2n) is 3.80. The second-order valence-corrected chi connectivity index (χ2v) is 3.80. The van der Waals surface area contributed by atoms with E-state index >= 15 is 0 Å². The molecule has 84 valence electrons. The summed E-state index contributed by atoms with van der Waals surface area (Å²) >= 11 is 0. The molecule has 0 aromatic carbocycles. The molecule has 0 bridgehead atoms. The van der Waals surface area contributed by atoms with Crippen LogP contribution in [0.1, 0.15) is 46.5 Å². The van der Waals surface area contributed by atoms with Crippen LogP contribution in [0.2, 0.25) is 0 Å². The molecule has 3 unspecified atom stereocenters. The van der Waals surface area contributed by atoms with Gasteiger partial charge in [0.05, 0.1) is 12.2 Å². The van der Waals surface area contributed by atoms with Crippen molar-refractivity contribution in [2.45, 2.75) is 58.7 Å². The summed E-state index contributed by atoms with van der Waals surface area (Å²) in [7, 11) is 0. The van der Waals surface area contributed by atoms with Gasteiger partial charge in [0.1, 0.15) is 0 Å². The zero-order valence-electron chi connectivity index (χ0n) is 9.61. The minimum Gasteiger partial charge on any atom is -0.393 e. The first-order valence-electron chi connectivity index (χ1n) is 5.64. The molecular formula is C12H24O2. The van der Waals surface area contributed by atoms with Gasteiger partial charge < -0.3 is 10.2 Å². The van der Waals surface area contributed by atoms with Gasteiger partial charge in [-0.1, -0.05) is 32.4 Å². The van der Waals surface area contributed by atoms with E-state index in [1.54, 1.807) is 0 Å². The first-order chi connectivity index (χ1) is 6.67. The van der Waals surface area contributed by atoms with Gasteiger partial charge in [-0.05, 0) is 26.2 Å². The molecule has 0 aliphatic heterocycles. The molecule has 2 heteroatoms. The maximum atomic E-state index is 9.86. The first-order valence-corrected chi connectivity index (χ1v) is 5.64. The molecule has 0 rings (SSSR count). The first kappa shape index (κ1) is 13.7. The Morgan fingerprint density at radius 1 is 1.14 bits per heavy atom. The molecule has 0 saturated heterocycles. The topological polar surface area (TPSA) is 40.5 Å². The lowest BCUT2D eigenvalue weighted by Crippen LogP contribution is -2.31. The quantitative estimate of drug-likeness (QED) is 0.620. The molecule has 0 amide bonds. The van der Waals surface area contributed by atoms with Gasteiger partial charge in [0.25, 0.3) is 0 Å². The lowest BCUT2D eigenvalue weighted by atomic mass is 9.88. The summed E-state index contributed by atoms with van der Waals surface area (Å²) in [6.45, 7) is 5.98. The van der Waals surface area contributed by atoms with E-state index in [1.165, 1.54) is 0 Å². The summed E-state index contributed by atoms with van der Waals surface area (Å²) in [5.74, 6) is 0.0289. The van der Waals surface area contributed by atoms with Crippen LogP contribution in [0.25, 0.3) is 0 Å². The van der Waals surface area contributed by atoms with E-state index in [-0.39, 0.29) is 12.0 Å². The predicted octanol–water partition coefficient (Wildman–Crippen LogP) is 2.50. The van der Waals surface area contributed by atoms with E-state index in [2.05, 4.69) is 6.92 Å². The van der Waals surface area contributed by atoms with Crippen molar-refractivity contribution in [3.05, 3.63) is 12.2 Å². The summed E-state index contributed by atoms with van der Waals surface area (Å²) < 4.78 is 0. The molecule has 0 aliphatic rings. The van der Waals surface area contributed by atoms with Gasteiger partial charge in [0.2, 0.25) is 0 Å². The monoisotopic (exact) mass is 200 g/mol. The number of hydrogen-bond donors (Lipinski definition) is 2. The molecule has 0 fully saturated rings. The Bertz CT molecular complexity index is 154. The number of rotatable bonds is 7. The highest BCUT2D eigenvalue weighted by molar-refractivity contribution is 4.85. The minimum absolute atomic E-state index is 0.0289. The summed E-state index contributed by atoms with van der Waals surface area (Å²) in [5.41, 5.74) is 0. The van der Waals surface area contributed by atoms with E-state index < -0.39 is 6.10 Å². The van der Waals surface area contributed by atoms with Crippen LogP contribution < -0.4 is 0 Å². The molecule has 14 heavy (non-hydrogen) atoms. The fourth-order valence-electron chi connectivity index (χ4n) is 1.73. The van der Waals surface area contributed by atoms with E-state index in [1.807, 2.05) is 26.0 Å². The smallest absolute Gasteiger partial charge is 0.0627 e. The third-order valence-electron chi connectivity index (χ3n) is 2.64. The highest BCUT2D eigenvalue weighted by Crippen LogP contribution is 2.20. The van der Waals surface area contributed by atoms with Gasteiger partial charge in [-0.2, -0.15) is 0 Å². The minimum atomic E-state index is -0.402. The van der Waals surface area contributed by atoms with E-state index in [0.717, 1.165) is 19.3 Å². The lowest BCUT2D eigenvalue weighted by molar-refractivity contribution is 0.00753. The molecule has 0 heterocycles. The van der Waals surface area contributed by atoms with Crippen LogP contribution in [0.4, 0.5) is 0 Å². The third kappa shape index (κ3) is 4.77. The molecule has 0 aromatic rings. The molecule has 2 nitrogen and oxygen atoms in total. The zero-order chi connectivity index (χ0) is 11.0. The van der Waals surface area contributed by atoms with Crippen LogP contribution in [0.3, 0.4) is 0 Å². The highest BCUT2D eigenvalue weighted by atomic mass is 16.3. The van der Waals surface area contributed by atoms with Crippen LogP contribution >= 0.6 is 0 Å². The Hall–Kier alpha value is -0.340. The Morgan fingerprint density at radius 2 is 1.79 bits per heavy atom. The van der Waals surface area contributed by atoms with E-state index in [4.69, 9.17) is 0 Å². The average molecular weight is 200 g/mol. The van der Waals surface area contributed by atoms with Crippen molar-refractivity contribution in [3.8, 4) is 0 Å². The average Bonchev–Trinajstić information content (AvgIpc) is 2.21. The van der Waals surface area contributed by atoms with Gasteiger partial charge in [-0.25, -0.2) is 0 Å². The number of aliphatic hydroxyl groups is 2. The lowest BCUT2D eigenvalue weighted by Gasteiger charge is -2.26. The van der Waals surface area contributed by atoms with Gasteiger partial charge in [-0.15, -0.1) is 0 Å². The SMILES string of the molecule is CC=CCC(O)C(CCC)C(O)CC. The van der Waals surface area contributed by atoms with Crippen molar-refractivity contribution < 1.29 is 10.2 Å². The van der Waals surface area contributed by atoms with Gasteiger partial charge in [-0.3, -0.25) is 0 Å². The van der Waals surface area contributed by atoms with Crippen molar-refractivity contribution in [2.75, 3.05) is 0 Å². The molecule has 0 spiro atoms. The van der Waals surface area contributed by atoms with Gasteiger partial charge >= 0.3 is 0 Å². The molecule has 0 saturated carbocycles. The Balaban J connectivity index is 4.16. The fourth-order valence-corrected chi connectivity index (χ4v) is 1.73. The number of allylic oxidation sites excluding steroid dienone is 1. The van der Waals surface area contributed by atoms with Crippen molar-refractivity contribution in [1.29, 1.82) is 0 Å².